The van der Waals surface area contributed by atoms with Crippen molar-refractivity contribution in [2.45, 2.75) is 30.5 Å². The van der Waals surface area contributed by atoms with Crippen LogP contribution in [0.25, 0.3) is 0 Å². The minimum atomic E-state index is 0.486. The van der Waals surface area contributed by atoms with Crippen molar-refractivity contribution >= 4 is 17.6 Å². The molecule has 26 heavy (non-hydrogen) atoms. The standard InChI is InChI=1S/C19H22N6S/c1-26-19-22-8-4-17(23-19)24-10-5-16(6-11-24)18-21-9-12-25(18)14-15-3-2-7-20-13-15/h2-4,7-9,12-13,16H,5-6,10-11,14H2,1H3. The number of aromatic nitrogens is 5. The van der Waals surface area contributed by atoms with Gasteiger partial charge in [0.1, 0.15) is 11.6 Å². The van der Waals surface area contributed by atoms with E-state index in [1.165, 1.54) is 11.4 Å². The van der Waals surface area contributed by atoms with E-state index >= 15 is 0 Å². The van der Waals surface area contributed by atoms with Crippen molar-refractivity contribution in [3.05, 3.63) is 60.6 Å². The normalized spacial score (nSPS) is 15.3. The highest BCUT2D eigenvalue weighted by atomic mass is 32.2. The fourth-order valence-corrected chi connectivity index (χ4v) is 3.83. The zero-order chi connectivity index (χ0) is 17.8. The minimum absolute atomic E-state index is 0.486. The predicted molar refractivity (Wildman–Crippen MR) is 104 cm³/mol. The number of piperidine rings is 1. The summed E-state index contributed by atoms with van der Waals surface area (Å²) in [6.45, 7) is 2.82. The first-order valence-corrected chi connectivity index (χ1v) is 10.1. The zero-order valence-electron chi connectivity index (χ0n) is 14.8. The summed E-state index contributed by atoms with van der Waals surface area (Å²) < 4.78 is 2.26. The van der Waals surface area contributed by atoms with Crippen LogP contribution in [-0.2, 0) is 6.54 Å². The Morgan fingerprint density at radius 3 is 2.77 bits per heavy atom. The van der Waals surface area contributed by atoms with E-state index in [2.05, 4.69) is 41.7 Å². The van der Waals surface area contributed by atoms with Gasteiger partial charge in [-0.05, 0) is 36.8 Å². The van der Waals surface area contributed by atoms with Crippen molar-refractivity contribution in [1.29, 1.82) is 0 Å². The number of rotatable bonds is 5. The molecule has 1 aliphatic rings. The lowest BCUT2D eigenvalue weighted by Gasteiger charge is -2.32. The van der Waals surface area contributed by atoms with E-state index < -0.39 is 0 Å². The van der Waals surface area contributed by atoms with Crippen molar-refractivity contribution in [1.82, 2.24) is 24.5 Å². The molecule has 0 aliphatic carbocycles. The first-order valence-electron chi connectivity index (χ1n) is 8.85. The van der Waals surface area contributed by atoms with Gasteiger partial charge >= 0.3 is 0 Å². The summed E-state index contributed by atoms with van der Waals surface area (Å²) in [7, 11) is 0. The van der Waals surface area contributed by atoms with Gasteiger partial charge in [-0.3, -0.25) is 4.98 Å². The summed E-state index contributed by atoms with van der Waals surface area (Å²) in [5.41, 5.74) is 1.20. The number of imidazole rings is 1. The van der Waals surface area contributed by atoms with Gasteiger partial charge in [-0.2, -0.15) is 0 Å². The molecule has 1 aliphatic heterocycles. The van der Waals surface area contributed by atoms with Gasteiger partial charge in [0.25, 0.3) is 0 Å². The lowest BCUT2D eigenvalue weighted by atomic mass is 9.96. The molecule has 0 bridgehead atoms. The van der Waals surface area contributed by atoms with Gasteiger partial charge < -0.3 is 9.47 Å². The molecule has 0 saturated carbocycles. The molecule has 0 atom stereocenters. The Balaban J connectivity index is 1.43. The van der Waals surface area contributed by atoms with E-state index in [-0.39, 0.29) is 0 Å². The third-order valence-corrected chi connectivity index (χ3v) is 5.37. The number of hydrogen-bond donors (Lipinski definition) is 0. The Labute approximate surface area is 157 Å². The van der Waals surface area contributed by atoms with Crippen LogP contribution in [-0.4, -0.2) is 43.8 Å². The minimum Gasteiger partial charge on any atom is -0.356 e. The van der Waals surface area contributed by atoms with E-state index in [9.17, 15) is 0 Å². The van der Waals surface area contributed by atoms with E-state index in [4.69, 9.17) is 0 Å². The predicted octanol–water partition coefficient (Wildman–Crippen LogP) is 3.22. The van der Waals surface area contributed by atoms with Crippen LogP contribution in [0.5, 0.6) is 0 Å². The summed E-state index contributed by atoms with van der Waals surface area (Å²) in [6.07, 6.45) is 13.7. The number of hydrogen-bond acceptors (Lipinski definition) is 6. The fourth-order valence-electron chi connectivity index (χ4n) is 3.48. The number of anilines is 1. The number of pyridine rings is 1. The summed E-state index contributed by atoms with van der Waals surface area (Å²) in [5.74, 6) is 2.70. The maximum absolute atomic E-state index is 4.66. The molecular weight excluding hydrogens is 344 g/mol. The quantitative estimate of drug-likeness (QED) is 0.510. The third-order valence-electron chi connectivity index (χ3n) is 4.81. The Hall–Kier alpha value is -2.41. The molecule has 0 radical (unpaired) electrons. The van der Waals surface area contributed by atoms with E-state index in [0.29, 0.717) is 5.92 Å². The largest absolute Gasteiger partial charge is 0.356 e. The molecule has 7 heteroatoms. The molecule has 0 N–H and O–H groups in total. The molecule has 0 aromatic carbocycles. The first kappa shape index (κ1) is 17.0. The maximum Gasteiger partial charge on any atom is 0.189 e. The van der Waals surface area contributed by atoms with Crippen molar-refractivity contribution in [3.8, 4) is 0 Å². The van der Waals surface area contributed by atoms with Crippen LogP contribution < -0.4 is 4.90 Å². The summed E-state index contributed by atoms with van der Waals surface area (Å²) in [6, 6.07) is 6.09. The van der Waals surface area contributed by atoms with Gasteiger partial charge in [-0.15, -0.1) is 0 Å². The van der Waals surface area contributed by atoms with Gasteiger partial charge in [0, 0.05) is 50.0 Å². The molecule has 134 valence electrons. The summed E-state index contributed by atoms with van der Waals surface area (Å²) in [4.78, 5) is 20.1. The molecule has 4 heterocycles. The monoisotopic (exact) mass is 366 g/mol. The first-order chi connectivity index (χ1) is 12.8. The Morgan fingerprint density at radius 2 is 2.00 bits per heavy atom. The molecular formula is C19H22N6S. The molecule has 0 amide bonds. The number of thioether (sulfide) groups is 1. The van der Waals surface area contributed by atoms with Gasteiger partial charge in [0.05, 0.1) is 6.54 Å². The second kappa shape index (κ2) is 7.86. The van der Waals surface area contributed by atoms with Gasteiger partial charge in [0.2, 0.25) is 0 Å². The molecule has 1 saturated heterocycles. The second-order valence-corrected chi connectivity index (χ2v) is 7.21. The smallest absolute Gasteiger partial charge is 0.189 e. The molecule has 6 nitrogen and oxygen atoms in total. The van der Waals surface area contributed by atoms with Crippen molar-refractivity contribution in [3.63, 3.8) is 0 Å². The van der Waals surface area contributed by atoms with Crippen LogP contribution in [0, 0.1) is 0 Å². The third kappa shape index (κ3) is 3.72. The van der Waals surface area contributed by atoms with Crippen LogP contribution in [0.15, 0.2) is 54.3 Å². The van der Waals surface area contributed by atoms with Gasteiger partial charge in [-0.25, -0.2) is 15.0 Å². The van der Waals surface area contributed by atoms with Crippen molar-refractivity contribution in [2.75, 3.05) is 24.2 Å². The summed E-state index contributed by atoms with van der Waals surface area (Å²) >= 11 is 1.58. The molecule has 0 unspecified atom stereocenters. The van der Waals surface area contributed by atoms with Crippen molar-refractivity contribution < 1.29 is 0 Å². The molecule has 3 aromatic rings. The van der Waals surface area contributed by atoms with E-state index in [0.717, 1.165) is 43.5 Å². The van der Waals surface area contributed by atoms with Crippen LogP contribution >= 0.6 is 11.8 Å². The molecule has 1 fully saturated rings. The molecule has 4 rings (SSSR count). The average Bonchev–Trinajstić information content (AvgIpc) is 3.17. The Morgan fingerprint density at radius 1 is 1.12 bits per heavy atom. The average molecular weight is 366 g/mol. The van der Waals surface area contributed by atoms with Gasteiger partial charge in [0.15, 0.2) is 5.16 Å². The second-order valence-electron chi connectivity index (χ2n) is 6.44. The van der Waals surface area contributed by atoms with E-state index in [1.807, 2.05) is 43.2 Å². The SMILES string of the molecule is CSc1nccc(N2CCC(c3nccn3Cc3cccnc3)CC2)n1. The van der Waals surface area contributed by atoms with Crippen LogP contribution in [0.4, 0.5) is 5.82 Å². The highest BCUT2D eigenvalue weighted by Crippen LogP contribution is 2.29. The lowest BCUT2D eigenvalue weighted by molar-refractivity contribution is 0.467. The Bertz CT molecular complexity index is 842. The van der Waals surface area contributed by atoms with Crippen LogP contribution in [0.1, 0.15) is 30.1 Å². The van der Waals surface area contributed by atoms with Crippen molar-refractivity contribution in [2.24, 2.45) is 0 Å². The molecule has 0 spiro atoms. The van der Waals surface area contributed by atoms with Crippen LogP contribution in [0.3, 0.4) is 0 Å². The lowest BCUT2D eigenvalue weighted by Crippen LogP contribution is -2.34. The van der Waals surface area contributed by atoms with Crippen LogP contribution in [0.2, 0.25) is 0 Å². The van der Waals surface area contributed by atoms with E-state index in [1.54, 1.807) is 11.8 Å². The highest BCUT2D eigenvalue weighted by Gasteiger charge is 2.24. The van der Waals surface area contributed by atoms with Gasteiger partial charge in [-0.1, -0.05) is 17.8 Å². The topological polar surface area (TPSA) is 59.7 Å². The summed E-state index contributed by atoms with van der Waals surface area (Å²) in [5, 5.41) is 0.830. The molecule has 3 aromatic heterocycles. The highest BCUT2D eigenvalue weighted by molar-refractivity contribution is 7.98. The fraction of sp³-hybridized carbons (Fsp3) is 0.368. The Kier molecular flexibility index (Phi) is 5.15. The zero-order valence-corrected chi connectivity index (χ0v) is 15.6. The maximum atomic E-state index is 4.66. The number of nitrogens with zero attached hydrogens (tertiary/aromatic N) is 6.